The maximum atomic E-state index is 11.2. The fourth-order valence-corrected chi connectivity index (χ4v) is 2.78. The van der Waals surface area contributed by atoms with Crippen LogP contribution in [0.15, 0.2) is 22.7 Å². The van der Waals surface area contributed by atoms with Gasteiger partial charge in [-0.3, -0.25) is 0 Å². The summed E-state index contributed by atoms with van der Waals surface area (Å²) < 4.78 is 0.822. The van der Waals surface area contributed by atoms with E-state index >= 15 is 0 Å². The Hall–Kier alpha value is -1.03. The molecule has 17 heavy (non-hydrogen) atoms. The van der Waals surface area contributed by atoms with Crippen molar-refractivity contribution in [1.82, 2.24) is 0 Å². The minimum atomic E-state index is -0.885. The second-order valence-corrected chi connectivity index (χ2v) is 5.30. The van der Waals surface area contributed by atoms with Crippen molar-refractivity contribution in [3.63, 3.8) is 0 Å². The van der Waals surface area contributed by atoms with Gasteiger partial charge in [-0.05, 0) is 40.9 Å². The fourth-order valence-electron chi connectivity index (χ4n) is 2.30. The van der Waals surface area contributed by atoms with Crippen LogP contribution in [-0.4, -0.2) is 17.1 Å². The smallest absolute Gasteiger partial charge is 0.337 e. The molecule has 0 saturated heterocycles. The van der Waals surface area contributed by atoms with Gasteiger partial charge < -0.3 is 10.4 Å². The van der Waals surface area contributed by atoms with Crippen molar-refractivity contribution in [2.24, 2.45) is 0 Å². The maximum Gasteiger partial charge on any atom is 0.337 e. The van der Waals surface area contributed by atoms with Gasteiger partial charge in [-0.1, -0.05) is 25.3 Å². The van der Waals surface area contributed by atoms with Gasteiger partial charge in [0.15, 0.2) is 0 Å². The van der Waals surface area contributed by atoms with Crippen molar-refractivity contribution >= 4 is 27.6 Å². The second-order valence-electron chi connectivity index (χ2n) is 4.45. The van der Waals surface area contributed by atoms with Crippen LogP contribution in [0.5, 0.6) is 0 Å². The van der Waals surface area contributed by atoms with Crippen molar-refractivity contribution < 1.29 is 9.90 Å². The van der Waals surface area contributed by atoms with E-state index in [1.165, 1.54) is 19.3 Å². The van der Waals surface area contributed by atoms with Gasteiger partial charge in [-0.25, -0.2) is 4.79 Å². The van der Waals surface area contributed by atoms with Gasteiger partial charge in [-0.2, -0.15) is 0 Å². The standard InChI is InChI=1S/C13H16BrNO2/c14-11-8-4-7-10(13(16)17)12(11)15-9-5-2-1-3-6-9/h4,7-9,15H,1-3,5-6H2,(H,16,17). The third kappa shape index (κ3) is 3.00. The zero-order valence-corrected chi connectivity index (χ0v) is 11.2. The first-order valence-corrected chi connectivity index (χ1v) is 6.76. The van der Waals surface area contributed by atoms with Gasteiger partial charge in [0.2, 0.25) is 0 Å². The number of halogens is 1. The number of hydrogen-bond donors (Lipinski definition) is 2. The molecule has 2 N–H and O–H groups in total. The second kappa shape index (κ2) is 5.54. The zero-order chi connectivity index (χ0) is 12.3. The maximum absolute atomic E-state index is 11.2. The van der Waals surface area contributed by atoms with E-state index in [4.69, 9.17) is 5.11 Å². The monoisotopic (exact) mass is 297 g/mol. The number of carbonyl (C=O) groups is 1. The minimum absolute atomic E-state index is 0.338. The summed E-state index contributed by atoms with van der Waals surface area (Å²) in [6.45, 7) is 0. The van der Waals surface area contributed by atoms with Gasteiger partial charge in [-0.15, -0.1) is 0 Å². The van der Waals surface area contributed by atoms with Crippen LogP contribution in [0.4, 0.5) is 5.69 Å². The molecule has 0 bridgehead atoms. The summed E-state index contributed by atoms with van der Waals surface area (Å²) in [7, 11) is 0. The lowest BCUT2D eigenvalue weighted by Crippen LogP contribution is -2.23. The molecule has 1 aliphatic rings. The molecule has 2 rings (SSSR count). The van der Waals surface area contributed by atoms with E-state index in [0.717, 1.165) is 17.3 Å². The summed E-state index contributed by atoms with van der Waals surface area (Å²) in [4.78, 5) is 11.2. The summed E-state index contributed by atoms with van der Waals surface area (Å²) in [6.07, 6.45) is 6.00. The Labute approximate surface area is 109 Å². The number of rotatable bonds is 3. The highest BCUT2D eigenvalue weighted by Gasteiger charge is 2.18. The highest BCUT2D eigenvalue weighted by atomic mass is 79.9. The Balaban J connectivity index is 2.21. The molecule has 0 atom stereocenters. The Bertz CT molecular complexity index is 414. The van der Waals surface area contributed by atoms with Crippen LogP contribution in [0.1, 0.15) is 42.5 Å². The Morgan fingerprint density at radius 1 is 1.29 bits per heavy atom. The molecule has 0 unspecified atom stereocenters. The quantitative estimate of drug-likeness (QED) is 0.890. The third-order valence-corrected chi connectivity index (χ3v) is 3.86. The van der Waals surface area contributed by atoms with Crippen LogP contribution in [0.3, 0.4) is 0 Å². The molecule has 4 heteroatoms. The van der Waals surface area contributed by atoms with Crippen LogP contribution < -0.4 is 5.32 Å². The fraction of sp³-hybridized carbons (Fsp3) is 0.462. The van der Waals surface area contributed by atoms with Crippen molar-refractivity contribution in [3.8, 4) is 0 Å². The number of aromatic carboxylic acids is 1. The van der Waals surface area contributed by atoms with E-state index in [0.29, 0.717) is 17.3 Å². The average molecular weight is 298 g/mol. The van der Waals surface area contributed by atoms with Gasteiger partial charge in [0.25, 0.3) is 0 Å². The van der Waals surface area contributed by atoms with Gasteiger partial charge in [0.1, 0.15) is 0 Å². The highest BCUT2D eigenvalue weighted by molar-refractivity contribution is 9.10. The van der Waals surface area contributed by atoms with Crippen LogP contribution in [-0.2, 0) is 0 Å². The minimum Gasteiger partial charge on any atom is -0.478 e. The van der Waals surface area contributed by atoms with Crippen LogP contribution in [0, 0.1) is 0 Å². The van der Waals surface area contributed by atoms with Crippen LogP contribution in [0.2, 0.25) is 0 Å². The number of nitrogens with one attached hydrogen (secondary N) is 1. The van der Waals surface area contributed by atoms with Gasteiger partial charge >= 0.3 is 5.97 Å². The molecule has 1 aliphatic carbocycles. The van der Waals surface area contributed by atoms with E-state index in [1.54, 1.807) is 12.1 Å². The molecule has 0 aliphatic heterocycles. The Morgan fingerprint density at radius 2 is 2.00 bits per heavy atom. The molecule has 92 valence electrons. The number of anilines is 1. The van der Waals surface area contributed by atoms with E-state index in [1.807, 2.05) is 6.07 Å². The van der Waals surface area contributed by atoms with Crippen LogP contribution in [0.25, 0.3) is 0 Å². The molecule has 0 spiro atoms. The molecule has 1 saturated carbocycles. The average Bonchev–Trinajstić information content (AvgIpc) is 2.33. The summed E-state index contributed by atoms with van der Waals surface area (Å²) in [5, 5.41) is 12.5. The molecule has 0 aromatic heterocycles. The lowest BCUT2D eigenvalue weighted by Gasteiger charge is -2.25. The summed E-state index contributed by atoms with van der Waals surface area (Å²) in [6, 6.07) is 5.66. The first-order valence-electron chi connectivity index (χ1n) is 5.97. The zero-order valence-electron chi connectivity index (χ0n) is 9.58. The molecule has 3 nitrogen and oxygen atoms in total. The lowest BCUT2D eigenvalue weighted by atomic mass is 9.95. The largest absolute Gasteiger partial charge is 0.478 e. The van der Waals surface area contributed by atoms with Crippen LogP contribution >= 0.6 is 15.9 Å². The van der Waals surface area contributed by atoms with E-state index in [2.05, 4.69) is 21.2 Å². The van der Waals surface area contributed by atoms with E-state index < -0.39 is 5.97 Å². The number of carboxylic acids is 1. The highest BCUT2D eigenvalue weighted by Crippen LogP contribution is 2.30. The summed E-state index contributed by atoms with van der Waals surface area (Å²) in [5.74, 6) is -0.885. The van der Waals surface area contributed by atoms with Crippen molar-refractivity contribution in [1.29, 1.82) is 0 Å². The summed E-state index contributed by atoms with van der Waals surface area (Å²) in [5.41, 5.74) is 1.05. The molecule has 1 aromatic rings. The molecule has 0 heterocycles. The van der Waals surface area contributed by atoms with Crippen molar-refractivity contribution in [2.45, 2.75) is 38.1 Å². The molecular formula is C13H16BrNO2. The third-order valence-electron chi connectivity index (χ3n) is 3.20. The number of para-hydroxylation sites is 1. The summed E-state index contributed by atoms with van der Waals surface area (Å²) >= 11 is 3.42. The molecule has 1 fully saturated rings. The molecule has 1 aromatic carbocycles. The van der Waals surface area contributed by atoms with Gasteiger partial charge in [0.05, 0.1) is 11.3 Å². The normalized spacial score (nSPS) is 16.8. The Kier molecular flexibility index (Phi) is 4.05. The van der Waals surface area contributed by atoms with Crippen molar-refractivity contribution in [2.75, 3.05) is 5.32 Å². The van der Waals surface area contributed by atoms with Gasteiger partial charge in [0, 0.05) is 10.5 Å². The predicted molar refractivity (Wildman–Crippen MR) is 71.6 cm³/mol. The lowest BCUT2D eigenvalue weighted by molar-refractivity contribution is 0.0698. The number of hydrogen-bond acceptors (Lipinski definition) is 2. The topological polar surface area (TPSA) is 49.3 Å². The number of carboxylic acid groups (broad SMARTS) is 1. The van der Waals surface area contributed by atoms with E-state index in [-0.39, 0.29) is 0 Å². The first kappa shape index (κ1) is 12.4. The predicted octanol–water partition coefficient (Wildman–Crippen LogP) is 3.89. The number of benzene rings is 1. The van der Waals surface area contributed by atoms with E-state index in [9.17, 15) is 4.79 Å². The first-order chi connectivity index (χ1) is 8.18. The van der Waals surface area contributed by atoms with Crippen molar-refractivity contribution in [3.05, 3.63) is 28.2 Å². The Morgan fingerprint density at radius 3 is 2.65 bits per heavy atom. The molecular weight excluding hydrogens is 282 g/mol. The molecule has 0 radical (unpaired) electrons. The SMILES string of the molecule is O=C(O)c1cccc(Br)c1NC1CCCCC1. The molecule has 0 amide bonds.